The Balaban J connectivity index is 2.03. The van der Waals surface area contributed by atoms with Crippen molar-refractivity contribution in [1.29, 1.82) is 0 Å². The third kappa shape index (κ3) is 2.71. The van der Waals surface area contributed by atoms with Gasteiger partial charge in [-0.2, -0.15) is 5.10 Å². The van der Waals surface area contributed by atoms with E-state index in [0.29, 0.717) is 0 Å². The molecule has 0 saturated heterocycles. The number of benzene rings is 1. The van der Waals surface area contributed by atoms with E-state index in [2.05, 4.69) is 10.1 Å². The molecule has 106 valence electrons. The van der Waals surface area contributed by atoms with Crippen LogP contribution in [0, 0.1) is 13.8 Å². The summed E-state index contributed by atoms with van der Waals surface area (Å²) < 4.78 is 1.76. The predicted molar refractivity (Wildman–Crippen MR) is 81.3 cm³/mol. The van der Waals surface area contributed by atoms with Gasteiger partial charge in [-0.15, -0.1) is 0 Å². The van der Waals surface area contributed by atoms with E-state index in [1.807, 2.05) is 62.4 Å². The molecule has 0 bridgehead atoms. The van der Waals surface area contributed by atoms with E-state index in [-0.39, 0.29) is 0 Å². The Morgan fingerprint density at radius 2 is 1.67 bits per heavy atom. The summed E-state index contributed by atoms with van der Waals surface area (Å²) in [5.74, 6) is 0. The first-order valence-electron chi connectivity index (χ1n) is 6.88. The van der Waals surface area contributed by atoms with Crippen molar-refractivity contribution in [2.75, 3.05) is 0 Å². The lowest BCUT2D eigenvalue weighted by Crippen LogP contribution is -2.09. The van der Waals surface area contributed by atoms with E-state index in [9.17, 15) is 5.11 Å². The summed E-state index contributed by atoms with van der Waals surface area (Å²) in [6.07, 6.45) is 0.972. The molecule has 0 aliphatic rings. The second-order valence-electron chi connectivity index (χ2n) is 5.09. The molecular weight excluding hydrogens is 262 g/mol. The first kappa shape index (κ1) is 13.5. The van der Waals surface area contributed by atoms with Crippen LogP contribution >= 0.6 is 0 Å². The number of pyridine rings is 1. The average molecular weight is 279 g/mol. The highest BCUT2D eigenvalue weighted by Crippen LogP contribution is 2.24. The summed E-state index contributed by atoms with van der Waals surface area (Å²) in [5, 5.41) is 15.0. The monoisotopic (exact) mass is 279 g/mol. The van der Waals surface area contributed by atoms with E-state index in [1.54, 1.807) is 10.9 Å². The molecule has 1 unspecified atom stereocenters. The molecule has 3 rings (SSSR count). The molecule has 0 aliphatic heterocycles. The van der Waals surface area contributed by atoms with Gasteiger partial charge in [-0.25, -0.2) is 4.68 Å². The normalized spacial score (nSPS) is 12.3. The van der Waals surface area contributed by atoms with Crippen LogP contribution in [0.3, 0.4) is 0 Å². The van der Waals surface area contributed by atoms with Crippen molar-refractivity contribution in [3.05, 3.63) is 77.4 Å². The minimum absolute atomic E-state index is 0.729. The number of aliphatic hydroxyl groups is 1. The fraction of sp³-hybridized carbons (Fsp3) is 0.176. The van der Waals surface area contributed by atoms with Crippen LogP contribution in [-0.2, 0) is 0 Å². The van der Waals surface area contributed by atoms with Crippen LogP contribution in [0.15, 0.2) is 54.7 Å². The summed E-state index contributed by atoms with van der Waals surface area (Å²) >= 11 is 0. The third-order valence-electron chi connectivity index (χ3n) is 3.37. The Labute approximate surface area is 123 Å². The van der Waals surface area contributed by atoms with Gasteiger partial charge in [-0.3, -0.25) is 4.98 Å². The van der Waals surface area contributed by atoms with Crippen molar-refractivity contribution in [2.24, 2.45) is 0 Å². The van der Waals surface area contributed by atoms with Crippen molar-refractivity contribution in [1.82, 2.24) is 14.8 Å². The van der Waals surface area contributed by atoms with E-state index in [4.69, 9.17) is 0 Å². The zero-order chi connectivity index (χ0) is 14.8. The fourth-order valence-corrected chi connectivity index (χ4v) is 2.50. The van der Waals surface area contributed by atoms with Crippen LogP contribution in [0.25, 0.3) is 5.69 Å². The molecule has 2 aromatic heterocycles. The molecule has 0 amide bonds. The number of aliphatic hydroxyl groups excluding tert-OH is 1. The standard InChI is InChI=1S/C17H17N3O/c1-12-10-14(11-13(2)19-12)17(21)16-8-9-18-20(16)15-6-4-3-5-7-15/h3-11,17,21H,1-2H3. The Morgan fingerprint density at radius 3 is 2.33 bits per heavy atom. The van der Waals surface area contributed by atoms with E-state index < -0.39 is 6.10 Å². The van der Waals surface area contributed by atoms with Gasteiger partial charge < -0.3 is 5.11 Å². The first-order chi connectivity index (χ1) is 10.1. The lowest BCUT2D eigenvalue weighted by molar-refractivity contribution is 0.211. The average Bonchev–Trinajstić information content (AvgIpc) is 2.95. The van der Waals surface area contributed by atoms with Gasteiger partial charge in [0, 0.05) is 17.6 Å². The highest BCUT2D eigenvalue weighted by atomic mass is 16.3. The summed E-state index contributed by atoms with van der Waals surface area (Å²) in [5.41, 5.74) is 4.30. The molecule has 4 nitrogen and oxygen atoms in total. The number of aromatic nitrogens is 3. The summed E-state index contributed by atoms with van der Waals surface area (Å²) in [6, 6.07) is 15.4. The summed E-state index contributed by atoms with van der Waals surface area (Å²) in [7, 11) is 0. The lowest BCUT2D eigenvalue weighted by atomic mass is 10.1. The minimum atomic E-state index is -0.729. The van der Waals surface area contributed by atoms with E-state index in [1.165, 1.54) is 0 Å². The maximum Gasteiger partial charge on any atom is 0.121 e. The molecule has 1 aromatic carbocycles. The molecule has 0 spiro atoms. The second kappa shape index (κ2) is 5.50. The summed E-state index contributed by atoms with van der Waals surface area (Å²) in [4.78, 5) is 4.35. The van der Waals surface area contributed by atoms with Gasteiger partial charge in [-0.1, -0.05) is 18.2 Å². The van der Waals surface area contributed by atoms with Gasteiger partial charge in [-0.05, 0) is 49.7 Å². The summed E-state index contributed by atoms with van der Waals surface area (Å²) in [6.45, 7) is 3.86. The van der Waals surface area contributed by atoms with Gasteiger partial charge in [0.2, 0.25) is 0 Å². The van der Waals surface area contributed by atoms with Gasteiger partial charge in [0.05, 0.1) is 11.4 Å². The molecule has 0 fully saturated rings. The molecule has 0 radical (unpaired) electrons. The van der Waals surface area contributed by atoms with Gasteiger partial charge in [0.15, 0.2) is 0 Å². The van der Waals surface area contributed by atoms with Crippen molar-refractivity contribution in [3.63, 3.8) is 0 Å². The maximum atomic E-state index is 10.7. The quantitative estimate of drug-likeness (QED) is 0.802. The Bertz CT molecular complexity index is 729. The SMILES string of the molecule is Cc1cc(C(O)c2ccnn2-c2ccccc2)cc(C)n1. The van der Waals surface area contributed by atoms with E-state index in [0.717, 1.165) is 28.3 Å². The van der Waals surface area contributed by atoms with Gasteiger partial charge >= 0.3 is 0 Å². The minimum Gasteiger partial charge on any atom is -0.382 e. The number of aryl methyl sites for hydroxylation is 2. The molecule has 1 atom stereocenters. The molecule has 0 saturated carbocycles. The van der Waals surface area contributed by atoms with E-state index >= 15 is 0 Å². The number of hydrogen-bond donors (Lipinski definition) is 1. The highest BCUT2D eigenvalue weighted by molar-refractivity contribution is 5.36. The molecule has 1 N–H and O–H groups in total. The number of hydrogen-bond acceptors (Lipinski definition) is 3. The molecule has 2 heterocycles. The number of para-hydroxylation sites is 1. The van der Waals surface area contributed by atoms with Gasteiger partial charge in [0.25, 0.3) is 0 Å². The maximum absolute atomic E-state index is 10.7. The predicted octanol–water partition coefficient (Wildman–Crippen LogP) is 2.97. The zero-order valence-electron chi connectivity index (χ0n) is 12.1. The van der Waals surface area contributed by atoms with Gasteiger partial charge in [0.1, 0.15) is 6.10 Å². The first-order valence-corrected chi connectivity index (χ1v) is 6.88. The van der Waals surface area contributed by atoms with Crippen LogP contribution in [0.2, 0.25) is 0 Å². The van der Waals surface area contributed by atoms with Crippen molar-refractivity contribution < 1.29 is 5.11 Å². The molecular formula is C17H17N3O. The van der Waals surface area contributed by atoms with Crippen molar-refractivity contribution >= 4 is 0 Å². The second-order valence-corrected chi connectivity index (χ2v) is 5.09. The van der Waals surface area contributed by atoms with Crippen LogP contribution in [-0.4, -0.2) is 19.9 Å². The van der Waals surface area contributed by atoms with Crippen LogP contribution < -0.4 is 0 Å². The smallest absolute Gasteiger partial charge is 0.121 e. The van der Waals surface area contributed by atoms with Crippen molar-refractivity contribution in [3.8, 4) is 5.69 Å². The molecule has 21 heavy (non-hydrogen) atoms. The molecule has 3 aromatic rings. The zero-order valence-corrected chi connectivity index (χ0v) is 12.1. The lowest BCUT2D eigenvalue weighted by Gasteiger charge is -2.15. The molecule has 4 heteroatoms. The van der Waals surface area contributed by atoms with Crippen LogP contribution in [0.4, 0.5) is 0 Å². The topological polar surface area (TPSA) is 50.9 Å². The van der Waals surface area contributed by atoms with Crippen molar-refractivity contribution in [2.45, 2.75) is 20.0 Å². The Kier molecular flexibility index (Phi) is 3.54. The van der Waals surface area contributed by atoms with Crippen LogP contribution in [0.1, 0.15) is 28.7 Å². The number of nitrogens with zero attached hydrogens (tertiary/aromatic N) is 3. The highest BCUT2D eigenvalue weighted by Gasteiger charge is 2.17. The van der Waals surface area contributed by atoms with Crippen LogP contribution in [0.5, 0.6) is 0 Å². The fourth-order valence-electron chi connectivity index (χ4n) is 2.50. The largest absolute Gasteiger partial charge is 0.382 e. The number of rotatable bonds is 3. The Hall–Kier alpha value is -2.46. The molecule has 0 aliphatic carbocycles. The Morgan fingerprint density at radius 1 is 1.00 bits per heavy atom. The third-order valence-corrected chi connectivity index (χ3v) is 3.37.